The van der Waals surface area contributed by atoms with E-state index in [9.17, 15) is 4.79 Å². The van der Waals surface area contributed by atoms with Crippen molar-refractivity contribution in [3.63, 3.8) is 0 Å². The van der Waals surface area contributed by atoms with E-state index in [1.54, 1.807) is 18.5 Å². The molecule has 0 saturated heterocycles. The molecular weight excluding hydrogens is 218 g/mol. The highest BCUT2D eigenvalue weighted by atomic mass is 16.5. The standard InChI is InChI=1S/C12H13N3O2/c1-8-6-15(7-13-8)11-5-4-10(9(2)16)14-12(11)17-3/h4-7H,1-3H3. The van der Waals surface area contributed by atoms with Crippen molar-refractivity contribution < 1.29 is 9.53 Å². The summed E-state index contributed by atoms with van der Waals surface area (Å²) in [4.78, 5) is 19.5. The van der Waals surface area contributed by atoms with Crippen molar-refractivity contribution in [1.29, 1.82) is 0 Å². The number of Topliss-reactive ketones (excluding diaryl/α,β-unsaturated/α-hetero) is 1. The maximum Gasteiger partial charge on any atom is 0.238 e. The predicted molar refractivity (Wildman–Crippen MR) is 62.7 cm³/mol. The average molecular weight is 231 g/mol. The molecule has 5 heteroatoms. The molecule has 0 fully saturated rings. The fourth-order valence-corrected chi connectivity index (χ4v) is 1.53. The van der Waals surface area contributed by atoms with Crippen LogP contribution in [0.4, 0.5) is 0 Å². The fraction of sp³-hybridized carbons (Fsp3) is 0.250. The van der Waals surface area contributed by atoms with Crippen LogP contribution in [0.15, 0.2) is 24.7 Å². The summed E-state index contributed by atoms with van der Waals surface area (Å²) in [6.45, 7) is 3.38. The van der Waals surface area contributed by atoms with Gasteiger partial charge in [0.05, 0.1) is 19.1 Å². The minimum Gasteiger partial charge on any atom is -0.479 e. The van der Waals surface area contributed by atoms with E-state index in [1.165, 1.54) is 14.0 Å². The smallest absolute Gasteiger partial charge is 0.238 e. The minimum atomic E-state index is -0.0864. The monoisotopic (exact) mass is 231 g/mol. The number of hydrogen-bond acceptors (Lipinski definition) is 4. The number of ketones is 1. The lowest BCUT2D eigenvalue weighted by molar-refractivity contribution is 0.101. The van der Waals surface area contributed by atoms with E-state index >= 15 is 0 Å². The molecule has 0 amide bonds. The van der Waals surface area contributed by atoms with Gasteiger partial charge in [0.2, 0.25) is 5.88 Å². The van der Waals surface area contributed by atoms with Gasteiger partial charge in [-0.15, -0.1) is 0 Å². The average Bonchev–Trinajstić information content (AvgIpc) is 2.74. The summed E-state index contributed by atoms with van der Waals surface area (Å²) in [5.41, 5.74) is 2.06. The summed E-state index contributed by atoms with van der Waals surface area (Å²) in [7, 11) is 1.53. The second kappa shape index (κ2) is 4.37. The summed E-state index contributed by atoms with van der Waals surface area (Å²) >= 11 is 0. The second-order valence-electron chi connectivity index (χ2n) is 3.70. The van der Waals surface area contributed by atoms with Crippen LogP contribution in [0.1, 0.15) is 23.1 Å². The van der Waals surface area contributed by atoms with E-state index in [0.717, 1.165) is 11.4 Å². The SMILES string of the molecule is COc1nc(C(C)=O)ccc1-n1cnc(C)c1. The van der Waals surface area contributed by atoms with E-state index < -0.39 is 0 Å². The van der Waals surface area contributed by atoms with Gasteiger partial charge in [-0.3, -0.25) is 4.79 Å². The van der Waals surface area contributed by atoms with Gasteiger partial charge in [-0.25, -0.2) is 9.97 Å². The van der Waals surface area contributed by atoms with Crippen LogP contribution in [-0.2, 0) is 0 Å². The molecule has 0 saturated carbocycles. The number of methoxy groups -OCH3 is 1. The van der Waals surface area contributed by atoms with Gasteiger partial charge in [-0.1, -0.05) is 0 Å². The van der Waals surface area contributed by atoms with Gasteiger partial charge in [0, 0.05) is 13.1 Å². The van der Waals surface area contributed by atoms with Crippen LogP contribution in [0.3, 0.4) is 0 Å². The normalized spacial score (nSPS) is 10.3. The lowest BCUT2D eigenvalue weighted by atomic mass is 10.2. The minimum absolute atomic E-state index is 0.0864. The number of aryl methyl sites for hydroxylation is 1. The van der Waals surface area contributed by atoms with Gasteiger partial charge < -0.3 is 9.30 Å². The molecule has 2 aromatic rings. The summed E-state index contributed by atoms with van der Waals surface area (Å²) in [5.74, 6) is 0.326. The molecule has 0 bridgehead atoms. The van der Waals surface area contributed by atoms with Gasteiger partial charge in [0.25, 0.3) is 0 Å². The van der Waals surface area contributed by atoms with Crippen molar-refractivity contribution in [1.82, 2.24) is 14.5 Å². The second-order valence-corrected chi connectivity index (χ2v) is 3.70. The molecule has 0 N–H and O–H groups in total. The van der Waals surface area contributed by atoms with Crippen LogP contribution in [0.25, 0.3) is 5.69 Å². The third-order valence-corrected chi connectivity index (χ3v) is 2.38. The molecule has 0 aliphatic heterocycles. The Morgan fingerprint density at radius 1 is 1.41 bits per heavy atom. The zero-order valence-electron chi connectivity index (χ0n) is 9.97. The highest BCUT2D eigenvalue weighted by Gasteiger charge is 2.10. The van der Waals surface area contributed by atoms with Crippen molar-refractivity contribution in [2.45, 2.75) is 13.8 Å². The highest BCUT2D eigenvalue weighted by molar-refractivity contribution is 5.92. The number of nitrogens with zero attached hydrogens (tertiary/aromatic N) is 3. The van der Waals surface area contributed by atoms with Crippen LogP contribution in [0, 0.1) is 6.92 Å². The fourth-order valence-electron chi connectivity index (χ4n) is 1.53. The maximum atomic E-state index is 11.2. The van der Waals surface area contributed by atoms with Crippen LogP contribution in [-0.4, -0.2) is 27.4 Å². The Labute approximate surface area is 99.1 Å². The molecule has 0 aliphatic rings. The Kier molecular flexibility index (Phi) is 2.91. The molecule has 0 spiro atoms. The Balaban J connectivity index is 2.51. The van der Waals surface area contributed by atoms with Crippen molar-refractivity contribution in [3.8, 4) is 11.6 Å². The van der Waals surface area contributed by atoms with E-state index in [-0.39, 0.29) is 5.78 Å². The first-order chi connectivity index (χ1) is 8.11. The number of pyridine rings is 1. The van der Waals surface area contributed by atoms with Crippen LogP contribution >= 0.6 is 0 Å². The molecule has 0 unspecified atom stereocenters. The summed E-state index contributed by atoms with van der Waals surface area (Å²) in [6, 6.07) is 3.47. The van der Waals surface area contributed by atoms with Crippen molar-refractivity contribution in [2.75, 3.05) is 7.11 Å². The highest BCUT2D eigenvalue weighted by Crippen LogP contribution is 2.21. The molecule has 0 aliphatic carbocycles. The topological polar surface area (TPSA) is 57.0 Å². The Hall–Kier alpha value is -2.17. The predicted octanol–water partition coefficient (Wildman–Crippen LogP) is 1.79. The van der Waals surface area contributed by atoms with Gasteiger partial charge in [0.15, 0.2) is 5.78 Å². The lowest BCUT2D eigenvalue weighted by Gasteiger charge is -2.08. The molecule has 0 radical (unpaired) electrons. The first kappa shape index (κ1) is 11.3. The molecule has 2 rings (SSSR count). The number of hydrogen-bond donors (Lipinski definition) is 0. The molecule has 17 heavy (non-hydrogen) atoms. The Morgan fingerprint density at radius 3 is 2.71 bits per heavy atom. The van der Waals surface area contributed by atoms with Crippen LogP contribution in [0.2, 0.25) is 0 Å². The zero-order chi connectivity index (χ0) is 12.4. The van der Waals surface area contributed by atoms with Crippen molar-refractivity contribution in [2.24, 2.45) is 0 Å². The van der Waals surface area contributed by atoms with Gasteiger partial charge in [0.1, 0.15) is 11.4 Å². The van der Waals surface area contributed by atoms with E-state index in [0.29, 0.717) is 11.6 Å². The van der Waals surface area contributed by atoms with Gasteiger partial charge in [-0.2, -0.15) is 0 Å². The Morgan fingerprint density at radius 2 is 2.18 bits per heavy atom. The molecule has 0 atom stereocenters. The molecular formula is C12H13N3O2. The molecule has 0 aromatic carbocycles. The third-order valence-electron chi connectivity index (χ3n) is 2.38. The Bertz CT molecular complexity index is 561. The number of carbonyl (C=O) groups is 1. The molecule has 2 heterocycles. The quantitative estimate of drug-likeness (QED) is 0.755. The molecule has 5 nitrogen and oxygen atoms in total. The molecule has 2 aromatic heterocycles. The first-order valence-electron chi connectivity index (χ1n) is 5.18. The number of aromatic nitrogens is 3. The van der Waals surface area contributed by atoms with Crippen LogP contribution < -0.4 is 4.74 Å². The number of rotatable bonds is 3. The van der Waals surface area contributed by atoms with E-state index in [2.05, 4.69) is 9.97 Å². The first-order valence-corrected chi connectivity index (χ1v) is 5.18. The number of imidazole rings is 1. The largest absolute Gasteiger partial charge is 0.479 e. The van der Waals surface area contributed by atoms with E-state index in [1.807, 2.05) is 17.7 Å². The maximum absolute atomic E-state index is 11.2. The van der Waals surface area contributed by atoms with Crippen molar-refractivity contribution in [3.05, 3.63) is 36.0 Å². The zero-order valence-corrected chi connectivity index (χ0v) is 9.97. The molecule has 88 valence electrons. The van der Waals surface area contributed by atoms with Crippen LogP contribution in [0.5, 0.6) is 5.88 Å². The lowest BCUT2D eigenvalue weighted by Crippen LogP contribution is -2.03. The third kappa shape index (κ3) is 2.18. The number of ether oxygens (including phenoxy) is 1. The van der Waals surface area contributed by atoms with E-state index in [4.69, 9.17) is 4.74 Å². The number of carbonyl (C=O) groups excluding carboxylic acids is 1. The summed E-state index contributed by atoms with van der Waals surface area (Å²) < 4.78 is 7.00. The van der Waals surface area contributed by atoms with Crippen molar-refractivity contribution >= 4 is 5.78 Å². The van der Waals surface area contributed by atoms with Gasteiger partial charge in [-0.05, 0) is 19.1 Å². The summed E-state index contributed by atoms with van der Waals surface area (Å²) in [5, 5.41) is 0. The summed E-state index contributed by atoms with van der Waals surface area (Å²) in [6.07, 6.45) is 3.55. The van der Waals surface area contributed by atoms with Gasteiger partial charge >= 0.3 is 0 Å².